The average molecular weight is 384 g/mol. The van der Waals surface area contributed by atoms with Crippen molar-refractivity contribution < 1.29 is 19.1 Å². The molecule has 4 nitrogen and oxygen atoms in total. The summed E-state index contributed by atoms with van der Waals surface area (Å²) < 4.78 is 11.4. The number of ketones is 1. The van der Waals surface area contributed by atoms with Crippen molar-refractivity contribution in [2.45, 2.75) is 20.8 Å². The van der Waals surface area contributed by atoms with Crippen LogP contribution in [0, 0.1) is 20.8 Å². The van der Waals surface area contributed by atoms with E-state index in [-0.39, 0.29) is 11.5 Å². The first kappa shape index (κ1) is 18.7. The molecular formula is C25H20O4. The zero-order valence-electron chi connectivity index (χ0n) is 16.5. The number of benzene rings is 3. The lowest BCUT2D eigenvalue weighted by atomic mass is 10.0. The van der Waals surface area contributed by atoms with Crippen LogP contribution < -0.4 is 9.47 Å². The van der Waals surface area contributed by atoms with Crippen LogP contribution in [-0.4, -0.2) is 11.8 Å². The van der Waals surface area contributed by atoms with Crippen LogP contribution in [0.4, 0.5) is 0 Å². The van der Waals surface area contributed by atoms with Crippen LogP contribution in [0.2, 0.25) is 0 Å². The number of hydrogen-bond donors (Lipinski definition) is 0. The Morgan fingerprint density at radius 3 is 2.48 bits per heavy atom. The summed E-state index contributed by atoms with van der Waals surface area (Å²) in [5, 5.41) is 0. The van der Waals surface area contributed by atoms with E-state index in [0.29, 0.717) is 28.2 Å². The van der Waals surface area contributed by atoms with Gasteiger partial charge in [-0.25, -0.2) is 4.79 Å². The van der Waals surface area contributed by atoms with Crippen LogP contribution in [0.5, 0.6) is 11.5 Å². The van der Waals surface area contributed by atoms with Crippen LogP contribution in [0.1, 0.15) is 43.0 Å². The summed E-state index contributed by atoms with van der Waals surface area (Å²) in [4.78, 5) is 25.3. The van der Waals surface area contributed by atoms with Crippen LogP contribution in [0.3, 0.4) is 0 Å². The van der Waals surface area contributed by atoms with Crippen molar-refractivity contribution in [1.29, 1.82) is 0 Å². The fraction of sp³-hybridized carbons (Fsp3) is 0.120. The molecule has 3 aromatic carbocycles. The fourth-order valence-corrected chi connectivity index (χ4v) is 3.41. The molecule has 0 atom stereocenters. The molecule has 0 saturated carbocycles. The molecule has 1 heterocycles. The predicted octanol–water partition coefficient (Wildman–Crippen LogP) is 5.45. The van der Waals surface area contributed by atoms with Gasteiger partial charge in [0.05, 0.1) is 11.1 Å². The number of carbonyl (C=O) groups is 2. The first-order valence-corrected chi connectivity index (χ1v) is 9.36. The largest absolute Gasteiger partial charge is 0.452 e. The number of allylic oxidation sites excluding steroid dienone is 1. The second kappa shape index (κ2) is 7.40. The molecule has 4 heteroatoms. The molecule has 0 unspecified atom stereocenters. The highest BCUT2D eigenvalue weighted by molar-refractivity contribution is 6.15. The Hall–Kier alpha value is -3.66. The van der Waals surface area contributed by atoms with Crippen molar-refractivity contribution in [1.82, 2.24) is 0 Å². The average Bonchev–Trinajstić information content (AvgIpc) is 2.97. The molecule has 0 aliphatic carbocycles. The quantitative estimate of drug-likeness (QED) is 0.342. The predicted molar refractivity (Wildman–Crippen MR) is 111 cm³/mol. The maximum absolute atomic E-state index is 12.8. The summed E-state index contributed by atoms with van der Waals surface area (Å²) in [5.74, 6) is 0.398. The number of esters is 1. The van der Waals surface area contributed by atoms with Crippen molar-refractivity contribution in [2.75, 3.05) is 0 Å². The minimum atomic E-state index is -0.442. The zero-order chi connectivity index (χ0) is 20.5. The van der Waals surface area contributed by atoms with Gasteiger partial charge in [-0.1, -0.05) is 48.0 Å². The Labute approximate surface area is 169 Å². The van der Waals surface area contributed by atoms with Gasteiger partial charge in [0.2, 0.25) is 5.78 Å². The summed E-state index contributed by atoms with van der Waals surface area (Å²) in [6, 6.07) is 18.3. The Balaban J connectivity index is 1.63. The summed E-state index contributed by atoms with van der Waals surface area (Å²) in [6.07, 6.45) is 1.73. The van der Waals surface area contributed by atoms with E-state index < -0.39 is 5.97 Å². The van der Waals surface area contributed by atoms with Gasteiger partial charge < -0.3 is 9.47 Å². The topological polar surface area (TPSA) is 52.6 Å². The molecule has 0 bridgehead atoms. The van der Waals surface area contributed by atoms with E-state index in [1.165, 1.54) is 0 Å². The maximum Gasteiger partial charge on any atom is 0.343 e. The summed E-state index contributed by atoms with van der Waals surface area (Å²) >= 11 is 0. The monoisotopic (exact) mass is 384 g/mol. The minimum absolute atomic E-state index is 0.171. The molecule has 29 heavy (non-hydrogen) atoms. The second-order valence-corrected chi connectivity index (χ2v) is 7.17. The molecular weight excluding hydrogens is 364 g/mol. The number of Topliss-reactive ketones (excluding diaryl/α,β-unsaturated/α-hetero) is 1. The van der Waals surface area contributed by atoms with E-state index >= 15 is 0 Å². The molecule has 0 fully saturated rings. The van der Waals surface area contributed by atoms with Gasteiger partial charge in [0.15, 0.2) is 5.76 Å². The zero-order valence-corrected chi connectivity index (χ0v) is 16.5. The van der Waals surface area contributed by atoms with Crippen LogP contribution in [-0.2, 0) is 0 Å². The SMILES string of the molecule is Cc1cccc(/C=C2\Oc3cc(OC(=O)c4ccccc4C)cc(C)c3C2=O)c1. The van der Waals surface area contributed by atoms with E-state index in [1.54, 1.807) is 37.3 Å². The van der Waals surface area contributed by atoms with Crippen LogP contribution in [0.15, 0.2) is 66.4 Å². The number of rotatable bonds is 3. The second-order valence-electron chi connectivity index (χ2n) is 7.17. The van der Waals surface area contributed by atoms with E-state index in [9.17, 15) is 9.59 Å². The van der Waals surface area contributed by atoms with Gasteiger partial charge in [-0.2, -0.15) is 0 Å². The molecule has 144 valence electrons. The minimum Gasteiger partial charge on any atom is -0.452 e. The van der Waals surface area contributed by atoms with Crippen molar-refractivity contribution >= 4 is 17.8 Å². The smallest absolute Gasteiger partial charge is 0.343 e. The Bertz CT molecular complexity index is 1170. The highest BCUT2D eigenvalue weighted by Crippen LogP contribution is 2.37. The highest BCUT2D eigenvalue weighted by atomic mass is 16.5. The third-order valence-corrected chi connectivity index (χ3v) is 4.86. The lowest BCUT2D eigenvalue weighted by molar-refractivity contribution is 0.0733. The fourth-order valence-electron chi connectivity index (χ4n) is 3.41. The van der Waals surface area contributed by atoms with Crippen molar-refractivity contribution in [3.05, 3.63) is 99.8 Å². The molecule has 0 spiro atoms. The lowest BCUT2D eigenvalue weighted by Crippen LogP contribution is -2.10. The van der Waals surface area contributed by atoms with Gasteiger partial charge in [0.1, 0.15) is 11.5 Å². The first-order valence-electron chi connectivity index (χ1n) is 9.36. The number of aryl methyl sites for hydroxylation is 3. The van der Waals surface area contributed by atoms with Gasteiger partial charge in [-0.3, -0.25) is 4.79 Å². The first-order chi connectivity index (χ1) is 13.9. The molecule has 1 aliphatic heterocycles. The van der Waals surface area contributed by atoms with E-state index in [4.69, 9.17) is 9.47 Å². The molecule has 0 saturated heterocycles. The van der Waals surface area contributed by atoms with E-state index in [0.717, 1.165) is 16.7 Å². The number of ether oxygens (including phenoxy) is 2. The van der Waals surface area contributed by atoms with Crippen molar-refractivity contribution in [2.24, 2.45) is 0 Å². The Morgan fingerprint density at radius 1 is 0.931 bits per heavy atom. The van der Waals surface area contributed by atoms with Gasteiger partial charge in [0.25, 0.3) is 0 Å². The number of hydrogen-bond acceptors (Lipinski definition) is 4. The molecule has 0 radical (unpaired) electrons. The van der Waals surface area contributed by atoms with Gasteiger partial charge in [0, 0.05) is 6.07 Å². The van der Waals surface area contributed by atoms with Gasteiger partial charge >= 0.3 is 5.97 Å². The highest BCUT2D eigenvalue weighted by Gasteiger charge is 2.30. The third-order valence-electron chi connectivity index (χ3n) is 4.86. The lowest BCUT2D eigenvalue weighted by Gasteiger charge is -2.09. The van der Waals surface area contributed by atoms with Crippen LogP contribution in [0.25, 0.3) is 6.08 Å². The van der Waals surface area contributed by atoms with Gasteiger partial charge in [-0.05, 0) is 55.7 Å². The summed E-state index contributed by atoms with van der Waals surface area (Å²) in [6.45, 7) is 5.66. The standard InChI is InChI=1S/C25H20O4/c1-15-7-6-9-18(11-15)13-22-24(26)23-17(3)12-19(14-21(23)29-22)28-25(27)20-10-5-4-8-16(20)2/h4-14H,1-3H3/b22-13-. The molecule has 0 N–H and O–H groups in total. The number of carbonyl (C=O) groups excluding carboxylic acids is 2. The van der Waals surface area contributed by atoms with E-state index in [1.807, 2.05) is 50.2 Å². The molecule has 1 aliphatic rings. The Morgan fingerprint density at radius 2 is 1.72 bits per heavy atom. The molecule has 4 rings (SSSR count). The molecule has 0 aromatic heterocycles. The summed E-state index contributed by atoms with van der Waals surface area (Å²) in [7, 11) is 0. The van der Waals surface area contributed by atoms with Crippen LogP contribution >= 0.6 is 0 Å². The van der Waals surface area contributed by atoms with Crippen molar-refractivity contribution in [3.63, 3.8) is 0 Å². The maximum atomic E-state index is 12.8. The van der Waals surface area contributed by atoms with Gasteiger partial charge in [-0.15, -0.1) is 0 Å². The normalized spacial score (nSPS) is 13.9. The van der Waals surface area contributed by atoms with E-state index in [2.05, 4.69) is 0 Å². The Kier molecular flexibility index (Phi) is 4.77. The number of fused-ring (bicyclic) bond motifs is 1. The molecule has 3 aromatic rings. The third kappa shape index (κ3) is 3.69. The summed E-state index contributed by atoms with van der Waals surface area (Å²) in [5.41, 5.74) is 4.54. The molecule has 0 amide bonds. The van der Waals surface area contributed by atoms with Crippen molar-refractivity contribution in [3.8, 4) is 11.5 Å².